The molecule has 3 rings (SSSR count). The number of hydrogen-bond acceptors (Lipinski definition) is 5. The molecule has 0 saturated carbocycles. The number of para-hydroxylation sites is 1. The maximum atomic E-state index is 12.6. The summed E-state index contributed by atoms with van der Waals surface area (Å²) in [7, 11) is 0. The summed E-state index contributed by atoms with van der Waals surface area (Å²) in [6.45, 7) is 1.93. The van der Waals surface area contributed by atoms with Crippen LogP contribution in [0.3, 0.4) is 0 Å². The van der Waals surface area contributed by atoms with Crippen molar-refractivity contribution in [1.29, 1.82) is 0 Å². The molecule has 3 aromatic carbocycles. The van der Waals surface area contributed by atoms with Crippen molar-refractivity contribution in [3.63, 3.8) is 0 Å². The molecule has 0 spiro atoms. The molecule has 8 nitrogen and oxygen atoms in total. The number of carbonyl (C=O) groups excluding carboxylic acids is 3. The molecule has 0 heterocycles. The average molecular weight is 451 g/mol. The Morgan fingerprint density at radius 1 is 0.938 bits per heavy atom. The molecule has 162 valence electrons. The van der Waals surface area contributed by atoms with Gasteiger partial charge in [0, 0.05) is 16.3 Å². The molecule has 32 heavy (non-hydrogen) atoms. The summed E-state index contributed by atoms with van der Waals surface area (Å²) < 4.78 is 0. The first-order valence-corrected chi connectivity index (χ1v) is 9.81. The van der Waals surface area contributed by atoms with Crippen LogP contribution >= 0.6 is 11.6 Å². The average Bonchev–Trinajstić information content (AvgIpc) is 2.78. The monoisotopic (exact) mass is 450 g/mol. The number of phenols is 1. The SMILES string of the molecule is Cc1ccc(NC(=O)c2ccccc2NC(=O)C(=O)N/N=C/c2cc(Cl)ccc2O)cc1. The largest absolute Gasteiger partial charge is 0.507 e. The minimum absolute atomic E-state index is 0.0923. The van der Waals surface area contributed by atoms with Gasteiger partial charge >= 0.3 is 11.8 Å². The molecule has 4 N–H and O–H groups in total. The smallest absolute Gasteiger partial charge is 0.329 e. The Bertz CT molecular complexity index is 1190. The second kappa shape index (κ2) is 10.2. The van der Waals surface area contributed by atoms with E-state index >= 15 is 0 Å². The number of aromatic hydroxyl groups is 1. The predicted octanol–water partition coefficient (Wildman–Crippen LogP) is 3.70. The lowest BCUT2D eigenvalue weighted by molar-refractivity contribution is -0.136. The van der Waals surface area contributed by atoms with Crippen LogP contribution in [0.25, 0.3) is 0 Å². The van der Waals surface area contributed by atoms with E-state index in [-0.39, 0.29) is 22.6 Å². The van der Waals surface area contributed by atoms with E-state index in [9.17, 15) is 19.5 Å². The van der Waals surface area contributed by atoms with Crippen LogP contribution in [0.4, 0.5) is 11.4 Å². The molecule has 0 aliphatic carbocycles. The Hall–Kier alpha value is -4.17. The molecule has 0 unspecified atom stereocenters. The number of hydrogen-bond donors (Lipinski definition) is 4. The fraction of sp³-hybridized carbons (Fsp3) is 0.0435. The number of benzene rings is 3. The van der Waals surface area contributed by atoms with Gasteiger partial charge in [-0.2, -0.15) is 5.10 Å². The zero-order valence-corrected chi connectivity index (χ0v) is 17.7. The van der Waals surface area contributed by atoms with E-state index in [1.165, 1.54) is 30.3 Å². The summed E-state index contributed by atoms with van der Waals surface area (Å²) in [5.74, 6) is -2.62. The van der Waals surface area contributed by atoms with Crippen molar-refractivity contribution < 1.29 is 19.5 Å². The number of rotatable bonds is 5. The molecule has 0 aliphatic heterocycles. The van der Waals surface area contributed by atoms with Gasteiger partial charge in [0.1, 0.15) is 5.75 Å². The van der Waals surface area contributed by atoms with Gasteiger partial charge in [-0.25, -0.2) is 5.43 Å². The first-order chi connectivity index (χ1) is 15.3. The minimum atomic E-state index is -1.06. The van der Waals surface area contributed by atoms with Gasteiger partial charge in [-0.15, -0.1) is 0 Å². The summed E-state index contributed by atoms with van der Waals surface area (Å²) >= 11 is 5.84. The van der Waals surface area contributed by atoms with E-state index in [0.29, 0.717) is 10.7 Å². The lowest BCUT2D eigenvalue weighted by Gasteiger charge is -2.11. The first-order valence-electron chi connectivity index (χ1n) is 9.43. The zero-order valence-electron chi connectivity index (χ0n) is 16.9. The topological polar surface area (TPSA) is 120 Å². The van der Waals surface area contributed by atoms with Crippen LogP contribution in [0.5, 0.6) is 5.75 Å². The van der Waals surface area contributed by atoms with E-state index in [1.807, 2.05) is 19.1 Å². The van der Waals surface area contributed by atoms with Crippen molar-refractivity contribution in [2.45, 2.75) is 6.92 Å². The molecule has 3 amide bonds. The van der Waals surface area contributed by atoms with Gasteiger partial charge in [0.25, 0.3) is 5.91 Å². The van der Waals surface area contributed by atoms with Crippen LogP contribution < -0.4 is 16.1 Å². The zero-order chi connectivity index (χ0) is 23.1. The summed E-state index contributed by atoms with van der Waals surface area (Å²) in [4.78, 5) is 37.0. The molecule has 0 saturated heterocycles. The number of halogens is 1. The van der Waals surface area contributed by atoms with Gasteiger partial charge < -0.3 is 15.7 Å². The highest BCUT2D eigenvalue weighted by Gasteiger charge is 2.17. The summed E-state index contributed by atoms with van der Waals surface area (Å²) in [6.07, 6.45) is 1.15. The lowest BCUT2D eigenvalue weighted by Crippen LogP contribution is -2.33. The quantitative estimate of drug-likeness (QED) is 0.269. The summed E-state index contributed by atoms with van der Waals surface area (Å²) in [5.41, 5.74) is 4.31. The van der Waals surface area contributed by atoms with E-state index in [1.54, 1.807) is 24.3 Å². The van der Waals surface area contributed by atoms with Gasteiger partial charge in [-0.1, -0.05) is 41.4 Å². The molecule has 0 bridgehead atoms. The highest BCUT2D eigenvalue weighted by molar-refractivity contribution is 6.40. The Morgan fingerprint density at radius 3 is 2.41 bits per heavy atom. The van der Waals surface area contributed by atoms with E-state index in [0.717, 1.165) is 11.8 Å². The number of hydrazone groups is 1. The number of nitrogens with one attached hydrogen (secondary N) is 3. The molecule has 0 radical (unpaired) electrons. The Kier molecular flexibility index (Phi) is 7.20. The van der Waals surface area contributed by atoms with Crippen molar-refractivity contribution in [1.82, 2.24) is 5.43 Å². The Labute approximate surface area is 188 Å². The van der Waals surface area contributed by atoms with Crippen molar-refractivity contribution in [2.75, 3.05) is 10.6 Å². The van der Waals surface area contributed by atoms with Gasteiger partial charge in [0.2, 0.25) is 0 Å². The van der Waals surface area contributed by atoms with Crippen molar-refractivity contribution in [3.05, 3.63) is 88.4 Å². The van der Waals surface area contributed by atoms with Gasteiger partial charge in [0.15, 0.2) is 0 Å². The van der Waals surface area contributed by atoms with E-state index < -0.39 is 17.7 Å². The third kappa shape index (κ3) is 5.93. The third-order valence-electron chi connectivity index (χ3n) is 4.29. The van der Waals surface area contributed by atoms with Crippen molar-refractivity contribution in [2.24, 2.45) is 5.10 Å². The fourth-order valence-corrected chi connectivity index (χ4v) is 2.83. The highest BCUT2D eigenvalue weighted by Crippen LogP contribution is 2.20. The van der Waals surface area contributed by atoms with Gasteiger partial charge in [0.05, 0.1) is 17.5 Å². The second-order valence-electron chi connectivity index (χ2n) is 6.72. The Balaban J connectivity index is 1.65. The molecule has 0 atom stereocenters. The summed E-state index contributed by atoms with van der Waals surface area (Å²) in [5, 5.41) is 18.9. The number of anilines is 2. The normalized spacial score (nSPS) is 10.6. The number of phenolic OH excluding ortho intramolecular Hbond substituents is 1. The maximum absolute atomic E-state index is 12.6. The first kappa shape index (κ1) is 22.5. The van der Waals surface area contributed by atoms with Crippen LogP contribution in [0.15, 0.2) is 71.8 Å². The van der Waals surface area contributed by atoms with E-state index in [2.05, 4.69) is 21.2 Å². The third-order valence-corrected chi connectivity index (χ3v) is 4.53. The van der Waals surface area contributed by atoms with Crippen LogP contribution in [-0.2, 0) is 9.59 Å². The van der Waals surface area contributed by atoms with E-state index in [4.69, 9.17) is 11.6 Å². The van der Waals surface area contributed by atoms with Gasteiger partial charge in [-0.05, 0) is 49.4 Å². The number of amides is 3. The highest BCUT2D eigenvalue weighted by atomic mass is 35.5. The van der Waals surface area contributed by atoms with Crippen LogP contribution in [0.2, 0.25) is 5.02 Å². The molecule has 3 aromatic rings. The summed E-state index contributed by atoms with van der Waals surface area (Å²) in [6, 6.07) is 17.8. The molecule has 0 aliphatic rings. The maximum Gasteiger partial charge on any atom is 0.329 e. The van der Waals surface area contributed by atoms with Gasteiger partial charge in [-0.3, -0.25) is 14.4 Å². The van der Waals surface area contributed by atoms with Crippen molar-refractivity contribution >= 4 is 46.9 Å². The van der Waals surface area contributed by atoms with Crippen LogP contribution in [0, 0.1) is 6.92 Å². The number of carbonyl (C=O) groups is 3. The van der Waals surface area contributed by atoms with Crippen molar-refractivity contribution in [3.8, 4) is 5.75 Å². The molecular weight excluding hydrogens is 432 g/mol. The standard InChI is InChI=1S/C23H19ClN4O4/c1-14-6-9-17(10-7-14)26-21(30)18-4-2-3-5-19(18)27-22(31)23(32)28-25-13-15-12-16(24)8-11-20(15)29/h2-13,29H,1H3,(H,26,30)(H,27,31)(H,28,32)/b25-13+. The molecule has 9 heteroatoms. The molecule has 0 aromatic heterocycles. The van der Waals surface area contributed by atoms with Crippen LogP contribution in [0.1, 0.15) is 21.5 Å². The Morgan fingerprint density at radius 2 is 1.66 bits per heavy atom. The second-order valence-corrected chi connectivity index (χ2v) is 7.16. The number of nitrogens with zero attached hydrogens (tertiary/aromatic N) is 1. The number of aryl methyl sites for hydroxylation is 1. The van der Waals surface area contributed by atoms with Crippen LogP contribution in [-0.4, -0.2) is 29.0 Å². The minimum Gasteiger partial charge on any atom is -0.507 e. The molecule has 0 fully saturated rings. The lowest BCUT2D eigenvalue weighted by atomic mass is 10.1. The molecular formula is C23H19ClN4O4. The predicted molar refractivity (Wildman–Crippen MR) is 123 cm³/mol. The fourth-order valence-electron chi connectivity index (χ4n) is 2.64.